The minimum Gasteiger partial charge on any atom is -0.354 e. The summed E-state index contributed by atoms with van der Waals surface area (Å²) in [5.74, 6) is 0. The van der Waals surface area contributed by atoms with Crippen LogP contribution in [0, 0.1) is 13.8 Å². The molecule has 1 aromatic carbocycles. The van der Waals surface area contributed by atoms with Crippen LogP contribution in [0.5, 0.6) is 0 Å². The molecule has 0 saturated heterocycles. The van der Waals surface area contributed by atoms with Crippen LogP contribution in [-0.4, -0.2) is 16.3 Å². The summed E-state index contributed by atoms with van der Waals surface area (Å²) in [6.07, 6.45) is 4.39. The second-order valence-corrected chi connectivity index (χ2v) is 4.77. The van der Waals surface area contributed by atoms with E-state index in [1.807, 2.05) is 19.1 Å². The highest BCUT2D eigenvalue weighted by atomic mass is 16.1. The van der Waals surface area contributed by atoms with E-state index < -0.39 is 0 Å². The molecule has 0 aliphatic carbocycles. The van der Waals surface area contributed by atoms with E-state index >= 15 is 0 Å². The molecule has 0 spiro atoms. The van der Waals surface area contributed by atoms with E-state index in [-0.39, 0.29) is 0 Å². The Hall–Kier alpha value is -2.42. The lowest BCUT2D eigenvalue weighted by Gasteiger charge is -2.00. The highest BCUT2D eigenvalue weighted by Gasteiger charge is 2.14. The van der Waals surface area contributed by atoms with Gasteiger partial charge in [0.1, 0.15) is 0 Å². The van der Waals surface area contributed by atoms with Crippen molar-refractivity contribution in [2.45, 2.75) is 13.8 Å². The maximum Gasteiger partial charge on any atom is 0.152 e. The number of fused-ring (bicyclic) bond motifs is 1. The molecule has 3 nitrogen and oxygen atoms in total. The van der Waals surface area contributed by atoms with Crippen molar-refractivity contribution in [1.29, 1.82) is 0 Å². The Labute approximate surface area is 111 Å². The Morgan fingerprint density at radius 1 is 1.16 bits per heavy atom. The third kappa shape index (κ3) is 1.83. The fourth-order valence-corrected chi connectivity index (χ4v) is 2.61. The van der Waals surface area contributed by atoms with Gasteiger partial charge in [-0.05, 0) is 43.2 Å². The predicted molar refractivity (Wildman–Crippen MR) is 76.4 cm³/mol. The number of aromatic nitrogens is 2. The van der Waals surface area contributed by atoms with Crippen molar-refractivity contribution in [3.63, 3.8) is 0 Å². The summed E-state index contributed by atoms with van der Waals surface area (Å²) in [6, 6.07) is 7.97. The lowest BCUT2D eigenvalue weighted by molar-refractivity contribution is 0.112. The summed E-state index contributed by atoms with van der Waals surface area (Å²) >= 11 is 0. The minimum atomic E-state index is 0.721. The Morgan fingerprint density at radius 2 is 1.89 bits per heavy atom. The van der Waals surface area contributed by atoms with Gasteiger partial charge in [0.25, 0.3) is 0 Å². The van der Waals surface area contributed by atoms with Crippen molar-refractivity contribution in [2.24, 2.45) is 0 Å². The number of carbonyl (C=O) groups is 1. The summed E-state index contributed by atoms with van der Waals surface area (Å²) in [5, 5.41) is 1.01. The van der Waals surface area contributed by atoms with Crippen LogP contribution in [0.25, 0.3) is 22.2 Å². The highest BCUT2D eigenvalue weighted by Crippen LogP contribution is 2.31. The molecule has 0 unspecified atom stereocenters. The normalized spacial score (nSPS) is 10.8. The first-order valence-corrected chi connectivity index (χ1v) is 6.19. The Morgan fingerprint density at radius 3 is 2.58 bits per heavy atom. The zero-order chi connectivity index (χ0) is 13.4. The molecule has 0 atom stereocenters. The second kappa shape index (κ2) is 4.35. The Balaban J connectivity index is 2.38. The van der Waals surface area contributed by atoms with Gasteiger partial charge in [0.15, 0.2) is 6.29 Å². The number of aldehydes is 1. The zero-order valence-corrected chi connectivity index (χ0v) is 10.9. The first kappa shape index (κ1) is 11.7. The smallest absolute Gasteiger partial charge is 0.152 e. The molecular weight excluding hydrogens is 236 g/mol. The average molecular weight is 250 g/mol. The number of carbonyl (C=O) groups excluding carboxylic acids is 1. The van der Waals surface area contributed by atoms with E-state index in [0.29, 0.717) is 0 Å². The standard InChI is InChI=1S/C16H14N2O/c1-10-7-11(2)15-13(9-19)16(18-14(15)8-10)12-3-5-17-6-4-12/h3-9,18H,1-2H3. The topological polar surface area (TPSA) is 45.8 Å². The van der Waals surface area contributed by atoms with Crippen molar-refractivity contribution < 1.29 is 4.79 Å². The fraction of sp³-hybridized carbons (Fsp3) is 0.125. The van der Waals surface area contributed by atoms with Crippen molar-refractivity contribution in [2.75, 3.05) is 0 Å². The van der Waals surface area contributed by atoms with E-state index in [0.717, 1.165) is 39.6 Å². The molecule has 0 bridgehead atoms. The number of aryl methyl sites for hydroxylation is 2. The zero-order valence-electron chi connectivity index (χ0n) is 10.9. The number of hydrogen-bond donors (Lipinski definition) is 1. The van der Waals surface area contributed by atoms with Gasteiger partial charge in [-0.2, -0.15) is 0 Å². The summed E-state index contributed by atoms with van der Waals surface area (Å²) < 4.78 is 0. The molecule has 3 rings (SSSR count). The van der Waals surface area contributed by atoms with Crippen LogP contribution in [0.15, 0.2) is 36.7 Å². The van der Waals surface area contributed by atoms with Crippen LogP contribution in [-0.2, 0) is 0 Å². The molecule has 94 valence electrons. The summed E-state index contributed by atoms with van der Waals surface area (Å²) in [5.41, 5.74) is 5.87. The number of hydrogen-bond acceptors (Lipinski definition) is 2. The van der Waals surface area contributed by atoms with Crippen LogP contribution < -0.4 is 0 Å². The van der Waals surface area contributed by atoms with Gasteiger partial charge in [0, 0.05) is 34.4 Å². The molecule has 0 saturated carbocycles. The van der Waals surface area contributed by atoms with Crippen LogP contribution in [0.2, 0.25) is 0 Å². The van der Waals surface area contributed by atoms with Gasteiger partial charge in [-0.3, -0.25) is 9.78 Å². The van der Waals surface area contributed by atoms with Gasteiger partial charge in [-0.15, -0.1) is 0 Å². The molecular formula is C16H14N2O. The largest absolute Gasteiger partial charge is 0.354 e. The van der Waals surface area contributed by atoms with Crippen LogP contribution in [0.4, 0.5) is 0 Å². The van der Waals surface area contributed by atoms with Gasteiger partial charge in [0.2, 0.25) is 0 Å². The number of benzene rings is 1. The minimum absolute atomic E-state index is 0.721. The summed E-state index contributed by atoms with van der Waals surface area (Å²) in [4.78, 5) is 18.8. The quantitative estimate of drug-likeness (QED) is 0.705. The number of nitrogens with zero attached hydrogens (tertiary/aromatic N) is 1. The van der Waals surface area contributed by atoms with Gasteiger partial charge in [-0.25, -0.2) is 0 Å². The molecule has 19 heavy (non-hydrogen) atoms. The molecule has 2 heterocycles. The van der Waals surface area contributed by atoms with E-state index in [1.165, 1.54) is 5.56 Å². The molecule has 0 radical (unpaired) electrons. The summed E-state index contributed by atoms with van der Waals surface area (Å²) in [6.45, 7) is 4.09. The van der Waals surface area contributed by atoms with Crippen LogP contribution in [0.1, 0.15) is 21.5 Å². The van der Waals surface area contributed by atoms with E-state index in [1.54, 1.807) is 12.4 Å². The summed E-state index contributed by atoms with van der Waals surface area (Å²) in [7, 11) is 0. The van der Waals surface area contributed by atoms with E-state index in [4.69, 9.17) is 0 Å². The fourth-order valence-electron chi connectivity index (χ4n) is 2.61. The monoisotopic (exact) mass is 250 g/mol. The van der Waals surface area contributed by atoms with Crippen molar-refractivity contribution in [3.8, 4) is 11.3 Å². The highest BCUT2D eigenvalue weighted by molar-refractivity contribution is 6.05. The molecule has 0 amide bonds. The van der Waals surface area contributed by atoms with Gasteiger partial charge in [-0.1, -0.05) is 6.07 Å². The molecule has 3 heteroatoms. The molecule has 0 fully saturated rings. The van der Waals surface area contributed by atoms with E-state index in [9.17, 15) is 4.79 Å². The average Bonchev–Trinajstić information content (AvgIpc) is 2.78. The Kier molecular flexibility index (Phi) is 2.67. The first-order chi connectivity index (χ1) is 9.20. The molecule has 2 aromatic heterocycles. The number of aromatic amines is 1. The SMILES string of the molecule is Cc1cc(C)c2c(C=O)c(-c3ccncc3)[nH]c2c1. The second-order valence-electron chi connectivity index (χ2n) is 4.77. The molecule has 1 N–H and O–H groups in total. The number of rotatable bonds is 2. The maximum absolute atomic E-state index is 11.5. The van der Waals surface area contributed by atoms with Gasteiger partial charge in [0.05, 0.1) is 5.69 Å². The van der Waals surface area contributed by atoms with Crippen LogP contribution in [0.3, 0.4) is 0 Å². The number of nitrogens with one attached hydrogen (secondary N) is 1. The van der Waals surface area contributed by atoms with Gasteiger partial charge < -0.3 is 4.98 Å². The lowest BCUT2D eigenvalue weighted by Crippen LogP contribution is -1.86. The predicted octanol–water partition coefficient (Wildman–Crippen LogP) is 3.66. The maximum atomic E-state index is 11.5. The third-order valence-electron chi connectivity index (χ3n) is 3.37. The molecule has 0 aliphatic rings. The van der Waals surface area contributed by atoms with Crippen LogP contribution >= 0.6 is 0 Å². The van der Waals surface area contributed by atoms with Gasteiger partial charge >= 0.3 is 0 Å². The van der Waals surface area contributed by atoms with Crippen molar-refractivity contribution in [1.82, 2.24) is 9.97 Å². The van der Waals surface area contributed by atoms with E-state index in [2.05, 4.69) is 29.0 Å². The van der Waals surface area contributed by atoms with Crippen molar-refractivity contribution in [3.05, 3.63) is 53.3 Å². The first-order valence-electron chi connectivity index (χ1n) is 6.19. The third-order valence-corrected chi connectivity index (χ3v) is 3.37. The van der Waals surface area contributed by atoms with Crippen molar-refractivity contribution >= 4 is 17.2 Å². The lowest BCUT2D eigenvalue weighted by atomic mass is 10.0. The number of H-pyrrole nitrogens is 1. The Bertz CT molecular complexity index is 757. The molecule has 3 aromatic rings. The number of pyridine rings is 1. The molecule has 0 aliphatic heterocycles.